The number of rotatable bonds is 6. The zero-order chi connectivity index (χ0) is 14.5. The first kappa shape index (κ1) is 13.8. The fourth-order valence-electron chi connectivity index (χ4n) is 2.24. The molecule has 0 aliphatic carbocycles. The Morgan fingerprint density at radius 3 is 3.00 bits per heavy atom. The molecule has 0 amide bonds. The van der Waals surface area contributed by atoms with Crippen LogP contribution in [0.4, 0.5) is 5.69 Å². The maximum Gasteiger partial charge on any atom is 0.123 e. The molecule has 0 saturated heterocycles. The second kappa shape index (κ2) is 6.54. The van der Waals surface area contributed by atoms with E-state index in [1.54, 1.807) is 11.3 Å². The number of anilines is 1. The zero-order valence-electron chi connectivity index (χ0n) is 12.0. The maximum absolute atomic E-state index is 4.35. The highest BCUT2D eigenvalue weighted by Crippen LogP contribution is 2.24. The summed E-state index contributed by atoms with van der Waals surface area (Å²) in [4.78, 5) is 4.35. The highest BCUT2D eigenvalue weighted by molar-refractivity contribution is 7.13. The van der Waals surface area contributed by atoms with Gasteiger partial charge in [0.15, 0.2) is 0 Å². The van der Waals surface area contributed by atoms with E-state index in [1.165, 1.54) is 5.69 Å². The van der Waals surface area contributed by atoms with E-state index < -0.39 is 0 Å². The third kappa shape index (κ3) is 3.31. The molecule has 1 N–H and O–H groups in total. The second-order valence-electron chi connectivity index (χ2n) is 4.82. The summed E-state index contributed by atoms with van der Waals surface area (Å²) >= 11 is 1.66. The van der Waals surface area contributed by atoms with Gasteiger partial charge in [0.2, 0.25) is 0 Å². The molecular formula is C16H18N4S. The van der Waals surface area contributed by atoms with Crippen LogP contribution in [0.25, 0.3) is 10.6 Å². The van der Waals surface area contributed by atoms with Crippen LogP contribution < -0.4 is 5.32 Å². The van der Waals surface area contributed by atoms with E-state index in [-0.39, 0.29) is 0 Å². The van der Waals surface area contributed by atoms with Crippen molar-refractivity contribution in [1.29, 1.82) is 0 Å². The van der Waals surface area contributed by atoms with Crippen molar-refractivity contribution >= 4 is 17.0 Å². The predicted molar refractivity (Wildman–Crippen MR) is 87.4 cm³/mol. The molecule has 4 nitrogen and oxygen atoms in total. The van der Waals surface area contributed by atoms with Crippen molar-refractivity contribution in [2.45, 2.75) is 26.4 Å². The summed E-state index contributed by atoms with van der Waals surface area (Å²) in [5.74, 6) is 0. The molecule has 0 fully saturated rings. The normalized spacial score (nSPS) is 10.7. The lowest BCUT2D eigenvalue weighted by atomic mass is 10.2. The zero-order valence-corrected chi connectivity index (χ0v) is 12.8. The lowest BCUT2D eigenvalue weighted by Crippen LogP contribution is -2.08. The number of benzene rings is 1. The molecule has 0 atom stereocenters. The van der Waals surface area contributed by atoms with Crippen LogP contribution in [0, 0.1) is 0 Å². The van der Waals surface area contributed by atoms with Crippen molar-refractivity contribution in [2.75, 3.05) is 5.32 Å². The van der Waals surface area contributed by atoms with E-state index in [4.69, 9.17) is 0 Å². The van der Waals surface area contributed by atoms with Gasteiger partial charge in [0, 0.05) is 35.6 Å². The molecule has 0 saturated carbocycles. The number of nitrogens with zero attached hydrogens (tertiary/aromatic N) is 3. The van der Waals surface area contributed by atoms with Crippen LogP contribution in [-0.2, 0) is 13.1 Å². The standard InChI is InChI=1S/C16H18N4S/c1-2-9-20-15(6-7-19-20)12-18-14-5-3-4-13(11-14)16-17-8-10-21-16/h3-8,10-11,18H,2,9,12H2,1H3. The lowest BCUT2D eigenvalue weighted by molar-refractivity contribution is 0.578. The Bertz CT molecular complexity index is 688. The van der Waals surface area contributed by atoms with Gasteiger partial charge in [-0.15, -0.1) is 11.3 Å². The molecule has 2 heterocycles. The van der Waals surface area contributed by atoms with Gasteiger partial charge in [-0.3, -0.25) is 4.68 Å². The lowest BCUT2D eigenvalue weighted by Gasteiger charge is -2.09. The monoisotopic (exact) mass is 298 g/mol. The summed E-state index contributed by atoms with van der Waals surface area (Å²) in [5.41, 5.74) is 3.46. The smallest absolute Gasteiger partial charge is 0.123 e. The number of nitrogens with one attached hydrogen (secondary N) is 1. The van der Waals surface area contributed by atoms with Gasteiger partial charge >= 0.3 is 0 Å². The van der Waals surface area contributed by atoms with Crippen molar-refractivity contribution in [3.8, 4) is 10.6 Å². The summed E-state index contributed by atoms with van der Waals surface area (Å²) < 4.78 is 2.05. The van der Waals surface area contributed by atoms with Crippen molar-refractivity contribution < 1.29 is 0 Å². The topological polar surface area (TPSA) is 42.7 Å². The van der Waals surface area contributed by atoms with Crippen LogP contribution in [0.15, 0.2) is 48.1 Å². The molecule has 108 valence electrons. The molecule has 0 bridgehead atoms. The SMILES string of the molecule is CCCn1nccc1CNc1cccc(-c2nccs2)c1. The van der Waals surface area contributed by atoms with Crippen LogP contribution in [0.3, 0.4) is 0 Å². The summed E-state index contributed by atoms with van der Waals surface area (Å²) in [7, 11) is 0. The molecule has 3 rings (SSSR count). The highest BCUT2D eigenvalue weighted by atomic mass is 32.1. The van der Waals surface area contributed by atoms with E-state index in [0.29, 0.717) is 0 Å². The van der Waals surface area contributed by atoms with E-state index in [0.717, 1.165) is 35.8 Å². The van der Waals surface area contributed by atoms with Gasteiger partial charge in [0.1, 0.15) is 5.01 Å². The van der Waals surface area contributed by atoms with Crippen LogP contribution in [-0.4, -0.2) is 14.8 Å². The number of aryl methyl sites for hydroxylation is 1. The summed E-state index contributed by atoms with van der Waals surface area (Å²) in [5, 5.41) is 10.9. The van der Waals surface area contributed by atoms with Crippen LogP contribution in [0.2, 0.25) is 0 Å². The molecule has 0 radical (unpaired) electrons. The average Bonchev–Trinajstić information content (AvgIpc) is 3.18. The van der Waals surface area contributed by atoms with Crippen molar-refractivity contribution in [3.63, 3.8) is 0 Å². The van der Waals surface area contributed by atoms with Crippen molar-refractivity contribution in [2.24, 2.45) is 0 Å². The average molecular weight is 298 g/mol. The Balaban J connectivity index is 1.71. The fraction of sp³-hybridized carbons (Fsp3) is 0.250. The Labute approximate surface area is 128 Å². The number of thiazole rings is 1. The fourth-order valence-corrected chi connectivity index (χ4v) is 2.88. The molecular weight excluding hydrogens is 280 g/mol. The second-order valence-corrected chi connectivity index (χ2v) is 5.71. The van der Waals surface area contributed by atoms with Gasteiger partial charge < -0.3 is 5.32 Å². The molecule has 2 aromatic heterocycles. The number of aromatic nitrogens is 3. The molecule has 21 heavy (non-hydrogen) atoms. The molecule has 0 unspecified atom stereocenters. The van der Waals surface area contributed by atoms with Crippen molar-refractivity contribution in [1.82, 2.24) is 14.8 Å². The van der Waals surface area contributed by atoms with Crippen LogP contribution in [0.1, 0.15) is 19.0 Å². The van der Waals surface area contributed by atoms with E-state index in [2.05, 4.69) is 57.3 Å². The summed E-state index contributed by atoms with van der Waals surface area (Å²) in [6.45, 7) is 3.90. The van der Waals surface area contributed by atoms with Crippen LogP contribution >= 0.6 is 11.3 Å². The third-order valence-corrected chi connectivity index (χ3v) is 4.08. The quantitative estimate of drug-likeness (QED) is 0.747. The van der Waals surface area contributed by atoms with Gasteiger partial charge in [0.05, 0.1) is 12.2 Å². The number of hydrogen-bond donors (Lipinski definition) is 1. The van der Waals surface area contributed by atoms with Gasteiger partial charge in [-0.05, 0) is 24.6 Å². The third-order valence-electron chi connectivity index (χ3n) is 3.26. The summed E-state index contributed by atoms with van der Waals surface area (Å²) in [6, 6.07) is 10.4. The van der Waals surface area contributed by atoms with Gasteiger partial charge in [-0.1, -0.05) is 19.1 Å². The van der Waals surface area contributed by atoms with E-state index in [1.807, 2.05) is 17.8 Å². The largest absolute Gasteiger partial charge is 0.379 e. The molecule has 0 spiro atoms. The van der Waals surface area contributed by atoms with E-state index >= 15 is 0 Å². The van der Waals surface area contributed by atoms with Gasteiger partial charge in [0.25, 0.3) is 0 Å². The summed E-state index contributed by atoms with van der Waals surface area (Å²) in [6.07, 6.45) is 4.79. The van der Waals surface area contributed by atoms with Crippen LogP contribution in [0.5, 0.6) is 0 Å². The molecule has 5 heteroatoms. The predicted octanol–water partition coefficient (Wildman–Crippen LogP) is 4.03. The molecule has 0 aliphatic rings. The highest BCUT2D eigenvalue weighted by Gasteiger charge is 2.04. The first-order valence-electron chi connectivity index (χ1n) is 7.11. The molecule has 0 aliphatic heterocycles. The minimum atomic E-state index is 0.779. The van der Waals surface area contributed by atoms with Gasteiger partial charge in [-0.2, -0.15) is 5.10 Å². The molecule has 3 aromatic rings. The Morgan fingerprint density at radius 2 is 2.19 bits per heavy atom. The van der Waals surface area contributed by atoms with Gasteiger partial charge in [-0.25, -0.2) is 4.98 Å². The first-order valence-corrected chi connectivity index (χ1v) is 7.99. The Morgan fingerprint density at radius 1 is 1.24 bits per heavy atom. The minimum Gasteiger partial charge on any atom is -0.379 e. The Kier molecular flexibility index (Phi) is 4.31. The number of hydrogen-bond acceptors (Lipinski definition) is 4. The minimum absolute atomic E-state index is 0.779. The molecule has 1 aromatic carbocycles. The maximum atomic E-state index is 4.35. The first-order chi connectivity index (χ1) is 10.4. The Hall–Kier alpha value is -2.14. The van der Waals surface area contributed by atoms with Crippen molar-refractivity contribution in [3.05, 3.63) is 53.8 Å². The van der Waals surface area contributed by atoms with E-state index in [9.17, 15) is 0 Å².